The number of halogens is 2. The summed E-state index contributed by atoms with van der Waals surface area (Å²) in [5.41, 5.74) is -0.444. The molecule has 6 nitrogen and oxygen atoms in total. The molecule has 0 aromatic carbocycles. The first-order valence-corrected chi connectivity index (χ1v) is 5.50. The summed E-state index contributed by atoms with van der Waals surface area (Å²) in [6.45, 7) is 0. The summed E-state index contributed by atoms with van der Waals surface area (Å²) >= 11 is 11.2. The zero-order valence-corrected chi connectivity index (χ0v) is 10.3. The zero-order chi connectivity index (χ0) is 13.1. The molecule has 2 heterocycles. The van der Waals surface area contributed by atoms with Gasteiger partial charge in [-0.2, -0.15) is 0 Å². The molecule has 8 heteroatoms. The molecule has 0 bridgehead atoms. The topological polar surface area (TPSA) is 87.7 Å². The number of aromatic amines is 1. The minimum atomic E-state index is -0.609. The van der Waals surface area contributed by atoms with Crippen LogP contribution < -0.4 is 10.7 Å². The summed E-state index contributed by atoms with van der Waals surface area (Å²) in [5, 5.41) is 2.39. The van der Waals surface area contributed by atoms with E-state index < -0.39 is 11.3 Å². The van der Waals surface area contributed by atoms with Crippen molar-refractivity contribution < 1.29 is 4.79 Å². The van der Waals surface area contributed by atoms with Crippen LogP contribution in [0.1, 0.15) is 10.4 Å². The molecule has 0 saturated carbocycles. The standard InChI is InChI=1S/C10H6Cl2N4O2/c11-7-3-8(16-10(12)14-7)15-9(18)5-4-13-2-1-6(5)17/h1-4H,(H,13,17)(H,14,15,16,18). The number of nitrogens with zero attached hydrogens (tertiary/aromatic N) is 2. The molecule has 0 fully saturated rings. The lowest BCUT2D eigenvalue weighted by Gasteiger charge is -2.04. The number of rotatable bonds is 2. The van der Waals surface area contributed by atoms with Gasteiger partial charge in [-0.3, -0.25) is 9.59 Å². The van der Waals surface area contributed by atoms with Gasteiger partial charge in [0, 0.05) is 24.5 Å². The third kappa shape index (κ3) is 2.85. The Hall–Kier alpha value is -1.92. The summed E-state index contributed by atoms with van der Waals surface area (Å²) in [7, 11) is 0. The van der Waals surface area contributed by atoms with Crippen LogP contribution in [0.5, 0.6) is 0 Å². The van der Waals surface area contributed by atoms with E-state index in [4.69, 9.17) is 23.2 Å². The van der Waals surface area contributed by atoms with E-state index in [2.05, 4.69) is 20.3 Å². The predicted octanol–water partition coefficient (Wildman–Crippen LogP) is 1.72. The molecule has 2 aromatic rings. The minimum absolute atomic E-state index is 0.0386. The number of carbonyl (C=O) groups is 1. The smallest absolute Gasteiger partial charge is 0.262 e. The predicted molar refractivity (Wildman–Crippen MR) is 67.1 cm³/mol. The number of amides is 1. The number of nitrogens with one attached hydrogen (secondary N) is 2. The number of aromatic nitrogens is 3. The summed E-state index contributed by atoms with van der Waals surface area (Å²) < 4.78 is 0. The van der Waals surface area contributed by atoms with Crippen molar-refractivity contribution in [3.8, 4) is 0 Å². The van der Waals surface area contributed by atoms with Crippen LogP contribution in [0.25, 0.3) is 0 Å². The molecule has 2 rings (SSSR count). The number of carbonyl (C=O) groups excluding carboxylic acids is 1. The average molecular weight is 285 g/mol. The lowest BCUT2D eigenvalue weighted by Crippen LogP contribution is -2.21. The normalized spacial score (nSPS) is 10.1. The van der Waals surface area contributed by atoms with E-state index in [-0.39, 0.29) is 21.8 Å². The van der Waals surface area contributed by atoms with Crippen LogP contribution in [-0.2, 0) is 0 Å². The van der Waals surface area contributed by atoms with Gasteiger partial charge in [-0.1, -0.05) is 11.6 Å². The van der Waals surface area contributed by atoms with Gasteiger partial charge >= 0.3 is 0 Å². The number of hydrogen-bond donors (Lipinski definition) is 2. The molecule has 2 N–H and O–H groups in total. The van der Waals surface area contributed by atoms with Crippen LogP contribution in [0.2, 0.25) is 10.4 Å². The molecule has 0 aliphatic carbocycles. The fourth-order valence-electron chi connectivity index (χ4n) is 1.23. The first kappa shape index (κ1) is 12.5. The van der Waals surface area contributed by atoms with Crippen LogP contribution in [0.3, 0.4) is 0 Å². The van der Waals surface area contributed by atoms with E-state index in [9.17, 15) is 9.59 Å². The maximum atomic E-state index is 11.8. The summed E-state index contributed by atoms with van der Waals surface area (Å²) in [4.78, 5) is 33.2. The Kier molecular flexibility index (Phi) is 3.59. The molecule has 0 aliphatic heterocycles. The molecule has 18 heavy (non-hydrogen) atoms. The fourth-order valence-corrected chi connectivity index (χ4v) is 1.64. The Morgan fingerprint density at radius 3 is 2.78 bits per heavy atom. The van der Waals surface area contributed by atoms with Gasteiger partial charge in [0.1, 0.15) is 16.5 Å². The third-order valence-electron chi connectivity index (χ3n) is 1.98. The van der Waals surface area contributed by atoms with Gasteiger partial charge in [-0.15, -0.1) is 0 Å². The van der Waals surface area contributed by atoms with Crippen LogP contribution in [0, 0.1) is 0 Å². The molecule has 0 aliphatic rings. The number of pyridine rings is 1. The molecule has 1 amide bonds. The Balaban J connectivity index is 2.27. The maximum absolute atomic E-state index is 11.8. The van der Waals surface area contributed by atoms with Crippen molar-refractivity contribution >= 4 is 34.9 Å². The van der Waals surface area contributed by atoms with Crippen molar-refractivity contribution in [2.45, 2.75) is 0 Å². The third-order valence-corrected chi connectivity index (χ3v) is 2.34. The Bertz CT molecular complexity index is 636. The zero-order valence-electron chi connectivity index (χ0n) is 8.78. The second kappa shape index (κ2) is 5.16. The molecular formula is C10H6Cl2N4O2. The van der Waals surface area contributed by atoms with E-state index >= 15 is 0 Å². The lowest BCUT2D eigenvalue weighted by molar-refractivity contribution is 0.102. The molecule has 0 saturated heterocycles. The number of hydrogen-bond acceptors (Lipinski definition) is 4. The summed E-state index contributed by atoms with van der Waals surface area (Å²) in [5.74, 6) is -0.490. The van der Waals surface area contributed by atoms with Crippen LogP contribution in [-0.4, -0.2) is 20.9 Å². The van der Waals surface area contributed by atoms with Crippen LogP contribution in [0.4, 0.5) is 5.82 Å². The van der Waals surface area contributed by atoms with E-state index in [1.54, 1.807) is 0 Å². The fraction of sp³-hybridized carbons (Fsp3) is 0. The second-order valence-electron chi connectivity index (χ2n) is 3.22. The van der Waals surface area contributed by atoms with Gasteiger partial charge < -0.3 is 10.3 Å². The molecule has 0 radical (unpaired) electrons. The van der Waals surface area contributed by atoms with Crippen molar-refractivity contribution in [1.82, 2.24) is 15.0 Å². The van der Waals surface area contributed by atoms with Crippen molar-refractivity contribution in [1.29, 1.82) is 0 Å². The van der Waals surface area contributed by atoms with Crippen molar-refractivity contribution in [2.75, 3.05) is 5.32 Å². The summed E-state index contributed by atoms with van der Waals surface area (Å²) in [6, 6.07) is 2.57. The molecule has 92 valence electrons. The van der Waals surface area contributed by atoms with E-state index in [0.717, 1.165) is 0 Å². The SMILES string of the molecule is O=C(Nc1cc(Cl)nc(Cl)n1)c1c[nH]ccc1=O. The van der Waals surface area contributed by atoms with E-state index in [1.165, 1.54) is 24.5 Å². The van der Waals surface area contributed by atoms with Gasteiger partial charge in [0.2, 0.25) is 5.28 Å². The minimum Gasteiger partial charge on any atom is -0.367 e. The molecule has 2 aromatic heterocycles. The highest BCUT2D eigenvalue weighted by molar-refractivity contribution is 6.32. The van der Waals surface area contributed by atoms with Gasteiger partial charge in [-0.05, 0) is 11.6 Å². The average Bonchev–Trinajstić information content (AvgIpc) is 2.27. The van der Waals surface area contributed by atoms with E-state index in [1.807, 2.05) is 0 Å². The number of anilines is 1. The Morgan fingerprint density at radius 1 is 1.33 bits per heavy atom. The first-order valence-electron chi connectivity index (χ1n) is 4.75. The second-order valence-corrected chi connectivity index (χ2v) is 3.95. The van der Waals surface area contributed by atoms with Gasteiger partial charge in [0.15, 0.2) is 5.43 Å². The van der Waals surface area contributed by atoms with E-state index in [0.29, 0.717) is 0 Å². The van der Waals surface area contributed by atoms with Crippen LogP contribution in [0.15, 0.2) is 29.3 Å². The Morgan fingerprint density at radius 2 is 2.11 bits per heavy atom. The van der Waals surface area contributed by atoms with Crippen molar-refractivity contribution in [2.24, 2.45) is 0 Å². The van der Waals surface area contributed by atoms with Crippen LogP contribution >= 0.6 is 23.2 Å². The molecule has 0 unspecified atom stereocenters. The highest BCUT2D eigenvalue weighted by Crippen LogP contribution is 2.14. The molecular weight excluding hydrogens is 279 g/mol. The largest absolute Gasteiger partial charge is 0.367 e. The van der Waals surface area contributed by atoms with Gasteiger partial charge in [0.25, 0.3) is 5.91 Å². The highest BCUT2D eigenvalue weighted by Gasteiger charge is 2.11. The maximum Gasteiger partial charge on any atom is 0.262 e. The van der Waals surface area contributed by atoms with Gasteiger partial charge in [0.05, 0.1) is 0 Å². The highest BCUT2D eigenvalue weighted by atomic mass is 35.5. The summed E-state index contributed by atoms with van der Waals surface area (Å²) in [6.07, 6.45) is 2.72. The first-order chi connectivity index (χ1) is 8.56. The molecule has 0 spiro atoms. The Labute approximate surface area is 111 Å². The quantitative estimate of drug-likeness (QED) is 0.649. The monoisotopic (exact) mass is 284 g/mol. The van der Waals surface area contributed by atoms with Gasteiger partial charge in [-0.25, -0.2) is 9.97 Å². The molecule has 0 atom stereocenters. The number of H-pyrrole nitrogens is 1. The van der Waals surface area contributed by atoms with Crippen molar-refractivity contribution in [3.05, 3.63) is 50.7 Å². The van der Waals surface area contributed by atoms with Crippen molar-refractivity contribution in [3.63, 3.8) is 0 Å². The lowest BCUT2D eigenvalue weighted by atomic mass is 10.2.